The predicted octanol–water partition coefficient (Wildman–Crippen LogP) is 3.53. The van der Waals surface area contributed by atoms with Gasteiger partial charge in [0.1, 0.15) is 0 Å². The quantitative estimate of drug-likeness (QED) is 0.825. The molecule has 0 spiro atoms. The van der Waals surface area contributed by atoms with E-state index in [0.717, 1.165) is 17.3 Å². The summed E-state index contributed by atoms with van der Waals surface area (Å²) in [6.45, 7) is 1.28. The second-order valence-corrected chi connectivity index (χ2v) is 5.71. The van der Waals surface area contributed by atoms with Gasteiger partial charge >= 0.3 is 6.03 Å². The van der Waals surface area contributed by atoms with Crippen molar-refractivity contribution in [1.82, 2.24) is 10.6 Å². The van der Waals surface area contributed by atoms with E-state index in [1.54, 1.807) is 0 Å². The molecule has 0 saturated carbocycles. The van der Waals surface area contributed by atoms with Crippen molar-refractivity contribution in [2.45, 2.75) is 12.8 Å². The summed E-state index contributed by atoms with van der Waals surface area (Å²) in [5.41, 5.74) is 2.43. The molecule has 2 N–H and O–H groups in total. The van der Waals surface area contributed by atoms with Gasteiger partial charge in [-0.1, -0.05) is 58.4 Å². The number of rotatable bonds is 6. The van der Waals surface area contributed by atoms with Gasteiger partial charge in [0.2, 0.25) is 0 Å². The molecule has 0 radical (unpaired) electrons. The van der Waals surface area contributed by atoms with Crippen molar-refractivity contribution in [1.29, 1.82) is 0 Å². The van der Waals surface area contributed by atoms with E-state index >= 15 is 0 Å². The molecule has 110 valence electrons. The zero-order valence-corrected chi connectivity index (χ0v) is 13.4. The molecule has 2 amide bonds. The molecule has 0 aromatic heterocycles. The molecule has 0 bridgehead atoms. The summed E-state index contributed by atoms with van der Waals surface area (Å²) in [7, 11) is 0. The van der Waals surface area contributed by atoms with Crippen LogP contribution < -0.4 is 10.6 Å². The van der Waals surface area contributed by atoms with E-state index in [9.17, 15) is 4.79 Å². The zero-order valence-electron chi connectivity index (χ0n) is 11.8. The van der Waals surface area contributed by atoms with Crippen molar-refractivity contribution < 1.29 is 4.79 Å². The molecule has 21 heavy (non-hydrogen) atoms. The predicted molar refractivity (Wildman–Crippen MR) is 89.4 cm³/mol. The smallest absolute Gasteiger partial charge is 0.314 e. The van der Waals surface area contributed by atoms with Gasteiger partial charge in [-0.2, -0.15) is 0 Å². The normalized spacial score (nSPS) is 10.1. The molecule has 2 aromatic rings. The molecule has 0 unspecified atom stereocenters. The second-order valence-electron chi connectivity index (χ2n) is 4.80. The first-order valence-electron chi connectivity index (χ1n) is 7.04. The van der Waals surface area contributed by atoms with E-state index in [4.69, 9.17) is 0 Å². The zero-order chi connectivity index (χ0) is 14.9. The molecule has 0 saturated heterocycles. The number of amides is 2. The van der Waals surface area contributed by atoms with Gasteiger partial charge in [-0.3, -0.25) is 0 Å². The minimum atomic E-state index is -0.110. The van der Waals surface area contributed by atoms with Crippen LogP contribution in [0.2, 0.25) is 0 Å². The second kappa shape index (κ2) is 8.47. The van der Waals surface area contributed by atoms with Crippen molar-refractivity contribution in [3.63, 3.8) is 0 Å². The molecule has 0 heterocycles. The van der Waals surface area contributed by atoms with Crippen LogP contribution in [-0.2, 0) is 12.8 Å². The van der Waals surface area contributed by atoms with E-state index in [-0.39, 0.29) is 6.03 Å². The monoisotopic (exact) mass is 346 g/mol. The topological polar surface area (TPSA) is 41.1 Å². The van der Waals surface area contributed by atoms with Gasteiger partial charge in [0.05, 0.1) is 0 Å². The van der Waals surface area contributed by atoms with Crippen LogP contribution in [0.1, 0.15) is 11.1 Å². The fraction of sp³-hybridized carbons (Fsp3) is 0.235. The average Bonchev–Trinajstić information content (AvgIpc) is 2.48. The molecular weight excluding hydrogens is 328 g/mol. The Labute approximate surface area is 133 Å². The molecule has 0 aliphatic rings. The van der Waals surface area contributed by atoms with Gasteiger partial charge in [0.15, 0.2) is 0 Å². The van der Waals surface area contributed by atoms with Crippen LogP contribution in [0.3, 0.4) is 0 Å². The highest BCUT2D eigenvalue weighted by atomic mass is 79.9. The van der Waals surface area contributed by atoms with Crippen molar-refractivity contribution in [2.75, 3.05) is 13.1 Å². The Bertz CT molecular complexity index is 572. The highest BCUT2D eigenvalue weighted by Crippen LogP contribution is 2.11. The highest BCUT2D eigenvalue weighted by Gasteiger charge is 2.00. The third-order valence-corrected chi connectivity index (χ3v) is 3.62. The van der Waals surface area contributed by atoms with Gasteiger partial charge in [-0.15, -0.1) is 0 Å². The van der Waals surface area contributed by atoms with Crippen LogP contribution in [0.5, 0.6) is 0 Å². The molecule has 0 fully saturated rings. The van der Waals surface area contributed by atoms with Crippen molar-refractivity contribution in [2.24, 2.45) is 0 Å². The SMILES string of the molecule is O=C(NCCc1ccccc1)NCCc1cccc(Br)c1. The fourth-order valence-electron chi connectivity index (χ4n) is 2.04. The first-order valence-corrected chi connectivity index (χ1v) is 7.83. The number of halogens is 1. The minimum Gasteiger partial charge on any atom is -0.338 e. The van der Waals surface area contributed by atoms with E-state index in [2.05, 4.69) is 50.8 Å². The third-order valence-electron chi connectivity index (χ3n) is 3.13. The largest absolute Gasteiger partial charge is 0.338 e. The Morgan fingerprint density at radius 2 is 1.48 bits per heavy atom. The summed E-state index contributed by atoms with van der Waals surface area (Å²) in [5, 5.41) is 5.74. The van der Waals surface area contributed by atoms with Crippen LogP contribution >= 0.6 is 15.9 Å². The van der Waals surface area contributed by atoms with Crippen molar-refractivity contribution in [3.8, 4) is 0 Å². The number of carbonyl (C=O) groups excluding carboxylic acids is 1. The molecule has 2 aromatic carbocycles. The summed E-state index contributed by atoms with van der Waals surface area (Å²) < 4.78 is 1.06. The van der Waals surface area contributed by atoms with Gasteiger partial charge in [-0.05, 0) is 36.1 Å². The minimum absolute atomic E-state index is 0.110. The van der Waals surface area contributed by atoms with Crippen molar-refractivity contribution >= 4 is 22.0 Å². The maximum Gasteiger partial charge on any atom is 0.314 e. The first kappa shape index (κ1) is 15.6. The van der Waals surface area contributed by atoms with Crippen LogP contribution in [0, 0.1) is 0 Å². The van der Waals surface area contributed by atoms with E-state index in [1.165, 1.54) is 11.1 Å². The number of carbonyl (C=O) groups is 1. The Morgan fingerprint density at radius 1 is 0.857 bits per heavy atom. The lowest BCUT2D eigenvalue weighted by Gasteiger charge is -2.08. The lowest BCUT2D eigenvalue weighted by atomic mass is 10.1. The number of hydrogen-bond donors (Lipinski definition) is 2. The molecule has 0 atom stereocenters. The molecular formula is C17H19BrN2O. The summed E-state index contributed by atoms with van der Waals surface area (Å²) >= 11 is 3.44. The molecule has 3 nitrogen and oxygen atoms in total. The van der Waals surface area contributed by atoms with E-state index in [1.807, 2.05) is 30.3 Å². The molecule has 2 rings (SSSR count). The van der Waals surface area contributed by atoms with Gasteiger partial charge in [0.25, 0.3) is 0 Å². The maximum atomic E-state index is 11.7. The fourth-order valence-corrected chi connectivity index (χ4v) is 2.49. The van der Waals surface area contributed by atoms with Crippen LogP contribution in [0.15, 0.2) is 59.1 Å². The summed E-state index contributed by atoms with van der Waals surface area (Å²) in [5.74, 6) is 0. The average molecular weight is 347 g/mol. The lowest BCUT2D eigenvalue weighted by molar-refractivity contribution is 0.241. The summed E-state index contributed by atoms with van der Waals surface area (Å²) in [6, 6.07) is 18.1. The number of nitrogens with one attached hydrogen (secondary N) is 2. The first-order chi connectivity index (χ1) is 10.2. The highest BCUT2D eigenvalue weighted by molar-refractivity contribution is 9.10. The van der Waals surface area contributed by atoms with Crippen LogP contribution in [-0.4, -0.2) is 19.1 Å². The van der Waals surface area contributed by atoms with Crippen LogP contribution in [0.25, 0.3) is 0 Å². The molecule has 0 aliphatic carbocycles. The summed E-state index contributed by atoms with van der Waals surface area (Å²) in [4.78, 5) is 11.7. The van der Waals surface area contributed by atoms with Crippen molar-refractivity contribution in [3.05, 3.63) is 70.2 Å². The van der Waals surface area contributed by atoms with E-state index < -0.39 is 0 Å². The molecule has 0 aliphatic heterocycles. The number of benzene rings is 2. The molecule has 4 heteroatoms. The number of urea groups is 1. The van der Waals surface area contributed by atoms with E-state index in [0.29, 0.717) is 13.1 Å². The van der Waals surface area contributed by atoms with Gasteiger partial charge in [-0.25, -0.2) is 4.79 Å². The van der Waals surface area contributed by atoms with Gasteiger partial charge in [0, 0.05) is 17.6 Å². The Kier molecular flexibility index (Phi) is 6.28. The van der Waals surface area contributed by atoms with Gasteiger partial charge < -0.3 is 10.6 Å². The van der Waals surface area contributed by atoms with Crippen LogP contribution in [0.4, 0.5) is 4.79 Å². The standard InChI is InChI=1S/C17H19BrN2O/c18-16-8-4-7-15(13-16)10-12-20-17(21)19-11-9-14-5-2-1-3-6-14/h1-8,13H,9-12H2,(H2,19,20,21). The third kappa shape index (κ3) is 6.00. The Morgan fingerprint density at radius 3 is 2.14 bits per heavy atom. The Hall–Kier alpha value is -1.81. The Balaban J connectivity index is 1.61. The maximum absolute atomic E-state index is 11.7. The lowest BCUT2D eigenvalue weighted by Crippen LogP contribution is -2.37. The summed E-state index contributed by atoms with van der Waals surface area (Å²) in [6.07, 6.45) is 1.67. The number of hydrogen-bond acceptors (Lipinski definition) is 1.